The van der Waals surface area contributed by atoms with E-state index in [4.69, 9.17) is 4.74 Å². The standard InChI is InChI=1S/C24H28N4O2S/c1-4-30-21-10-6-5-8-19(21)25-24(29)28-14-18-17-11-13-26(3)15-22(17)31-23(18)27-12-7-9-20(27)16(28)2/h5-10,12,16H,4,11,13-15H2,1-3H3,(H,25,29)/t16-/m1/s1. The van der Waals surface area contributed by atoms with Gasteiger partial charge in [0.05, 0.1) is 24.9 Å². The van der Waals surface area contributed by atoms with E-state index in [0.29, 0.717) is 24.6 Å². The number of nitrogens with zero attached hydrogens (tertiary/aromatic N) is 3. The van der Waals surface area contributed by atoms with E-state index in [1.54, 1.807) is 0 Å². The first-order valence-electron chi connectivity index (χ1n) is 10.9. The largest absolute Gasteiger partial charge is 0.492 e. The minimum absolute atomic E-state index is 0.0456. The van der Waals surface area contributed by atoms with Gasteiger partial charge in [0, 0.05) is 35.4 Å². The van der Waals surface area contributed by atoms with Gasteiger partial charge in [-0.1, -0.05) is 12.1 Å². The number of para-hydroxylation sites is 2. The molecule has 2 aromatic heterocycles. The molecule has 31 heavy (non-hydrogen) atoms. The van der Waals surface area contributed by atoms with Gasteiger partial charge in [-0.2, -0.15) is 0 Å². The van der Waals surface area contributed by atoms with E-state index >= 15 is 0 Å². The maximum Gasteiger partial charge on any atom is 0.322 e. The number of amides is 2. The van der Waals surface area contributed by atoms with Gasteiger partial charge in [0.15, 0.2) is 0 Å². The number of carbonyl (C=O) groups excluding carboxylic acids is 1. The van der Waals surface area contributed by atoms with E-state index < -0.39 is 0 Å². The Bertz CT molecular complexity index is 1120. The molecule has 0 radical (unpaired) electrons. The highest BCUT2D eigenvalue weighted by Gasteiger charge is 2.33. The molecule has 4 heterocycles. The number of urea groups is 1. The summed E-state index contributed by atoms with van der Waals surface area (Å²) in [5.41, 5.74) is 4.57. The average Bonchev–Trinajstić information content (AvgIpc) is 3.35. The van der Waals surface area contributed by atoms with Crippen LogP contribution < -0.4 is 10.1 Å². The molecule has 0 unspecified atom stereocenters. The number of rotatable bonds is 3. The Kier molecular flexibility index (Phi) is 5.24. The summed E-state index contributed by atoms with van der Waals surface area (Å²) in [4.78, 5) is 19.3. The highest BCUT2D eigenvalue weighted by Crippen LogP contribution is 2.41. The first kappa shape index (κ1) is 20.2. The molecule has 0 spiro atoms. The summed E-state index contributed by atoms with van der Waals surface area (Å²) >= 11 is 1.87. The molecule has 0 bridgehead atoms. The number of carbonyl (C=O) groups is 1. The number of anilines is 1. The summed E-state index contributed by atoms with van der Waals surface area (Å²) in [6.07, 6.45) is 3.16. The molecule has 6 nitrogen and oxygen atoms in total. The smallest absolute Gasteiger partial charge is 0.322 e. The molecule has 0 aliphatic carbocycles. The lowest BCUT2D eigenvalue weighted by Crippen LogP contribution is -2.36. The Morgan fingerprint density at radius 1 is 1.19 bits per heavy atom. The number of likely N-dealkylation sites (N-methyl/N-ethyl adjacent to an activating group) is 1. The normalized spacial score (nSPS) is 18.0. The number of hydrogen-bond donors (Lipinski definition) is 1. The zero-order valence-electron chi connectivity index (χ0n) is 18.2. The van der Waals surface area contributed by atoms with Crippen LogP contribution in [-0.4, -0.2) is 40.6 Å². The summed E-state index contributed by atoms with van der Waals surface area (Å²) in [5.74, 6) is 0.695. The number of aromatic nitrogens is 1. The Hall–Kier alpha value is -2.77. The number of fused-ring (bicyclic) bond motifs is 5. The molecule has 2 aliphatic rings. The van der Waals surface area contributed by atoms with E-state index in [1.165, 1.54) is 21.0 Å². The molecule has 3 aromatic rings. The van der Waals surface area contributed by atoms with E-state index in [1.807, 2.05) is 47.4 Å². The molecule has 5 rings (SSSR count). The van der Waals surface area contributed by atoms with Gasteiger partial charge in [0.25, 0.3) is 0 Å². The third-order valence-electron chi connectivity index (χ3n) is 6.25. The van der Waals surface area contributed by atoms with Crippen LogP contribution in [0.5, 0.6) is 5.75 Å². The molecule has 1 aromatic carbocycles. The van der Waals surface area contributed by atoms with Crippen LogP contribution in [0, 0.1) is 0 Å². The van der Waals surface area contributed by atoms with Crippen molar-refractivity contribution in [2.45, 2.75) is 39.4 Å². The van der Waals surface area contributed by atoms with Crippen LogP contribution in [0.4, 0.5) is 10.5 Å². The Morgan fingerprint density at radius 3 is 2.87 bits per heavy atom. The van der Waals surface area contributed by atoms with Gasteiger partial charge in [-0.25, -0.2) is 4.79 Å². The molecule has 0 saturated carbocycles. The number of thiophene rings is 1. The van der Waals surface area contributed by atoms with Crippen molar-refractivity contribution in [2.24, 2.45) is 0 Å². The molecule has 0 fully saturated rings. The quantitative estimate of drug-likeness (QED) is 0.626. The van der Waals surface area contributed by atoms with Crippen molar-refractivity contribution < 1.29 is 9.53 Å². The van der Waals surface area contributed by atoms with E-state index in [0.717, 1.165) is 25.2 Å². The Balaban J connectivity index is 1.52. The lowest BCUT2D eigenvalue weighted by Gasteiger charge is -2.29. The summed E-state index contributed by atoms with van der Waals surface area (Å²) in [5, 5.41) is 4.37. The first-order valence-corrected chi connectivity index (χ1v) is 11.7. The minimum Gasteiger partial charge on any atom is -0.492 e. The fourth-order valence-electron chi connectivity index (χ4n) is 4.61. The number of hydrogen-bond acceptors (Lipinski definition) is 4. The average molecular weight is 437 g/mol. The number of ether oxygens (including phenoxy) is 1. The lowest BCUT2D eigenvalue weighted by atomic mass is 10.0. The second-order valence-electron chi connectivity index (χ2n) is 8.24. The fraction of sp³-hybridized carbons (Fsp3) is 0.375. The highest BCUT2D eigenvalue weighted by molar-refractivity contribution is 7.15. The van der Waals surface area contributed by atoms with Crippen LogP contribution in [0.2, 0.25) is 0 Å². The molecule has 0 saturated heterocycles. The van der Waals surface area contributed by atoms with Crippen molar-refractivity contribution in [3.05, 3.63) is 64.3 Å². The first-order chi connectivity index (χ1) is 15.1. The van der Waals surface area contributed by atoms with Crippen molar-refractivity contribution in [3.8, 4) is 10.8 Å². The summed E-state index contributed by atoms with van der Waals surface area (Å²) in [7, 11) is 2.17. The fourth-order valence-corrected chi connectivity index (χ4v) is 6.05. The SMILES string of the molecule is CCOc1ccccc1NC(=O)N1Cc2c(sc3c2CCN(C)C3)-n2cccc2[C@H]1C. The van der Waals surface area contributed by atoms with Crippen LogP contribution in [0.15, 0.2) is 42.6 Å². The van der Waals surface area contributed by atoms with Gasteiger partial charge in [-0.05, 0) is 57.1 Å². The minimum atomic E-state index is -0.104. The van der Waals surface area contributed by atoms with Gasteiger partial charge in [0.1, 0.15) is 10.8 Å². The predicted molar refractivity (Wildman–Crippen MR) is 124 cm³/mol. The second kappa shape index (κ2) is 8.05. The van der Waals surface area contributed by atoms with Gasteiger partial charge >= 0.3 is 6.03 Å². The summed E-state index contributed by atoms with van der Waals surface area (Å²) in [6.45, 7) is 7.25. The van der Waals surface area contributed by atoms with Crippen molar-refractivity contribution in [2.75, 3.05) is 25.5 Å². The maximum absolute atomic E-state index is 13.5. The van der Waals surface area contributed by atoms with Crippen LogP contribution in [0.25, 0.3) is 5.00 Å². The molecule has 1 atom stereocenters. The van der Waals surface area contributed by atoms with Crippen molar-refractivity contribution >= 4 is 23.1 Å². The summed E-state index contributed by atoms with van der Waals surface area (Å²) in [6, 6.07) is 11.7. The maximum atomic E-state index is 13.5. The van der Waals surface area contributed by atoms with Crippen LogP contribution in [0.1, 0.15) is 41.6 Å². The highest BCUT2D eigenvalue weighted by atomic mass is 32.1. The van der Waals surface area contributed by atoms with Crippen molar-refractivity contribution in [3.63, 3.8) is 0 Å². The lowest BCUT2D eigenvalue weighted by molar-refractivity contribution is 0.188. The Labute approximate surface area is 187 Å². The Morgan fingerprint density at radius 2 is 2.03 bits per heavy atom. The second-order valence-corrected chi connectivity index (χ2v) is 9.33. The topological polar surface area (TPSA) is 49.7 Å². The monoisotopic (exact) mass is 436 g/mol. The van der Waals surface area contributed by atoms with E-state index in [-0.39, 0.29) is 12.1 Å². The number of nitrogens with one attached hydrogen (secondary N) is 1. The van der Waals surface area contributed by atoms with E-state index in [9.17, 15) is 4.79 Å². The van der Waals surface area contributed by atoms with Gasteiger partial charge in [-0.3, -0.25) is 0 Å². The zero-order chi connectivity index (χ0) is 21.5. The van der Waals surface area contributed by atoms with Crippen LogP contribution in [0.3, 0.4) is 0 Å². The molecule has 1 N–H and O–H groups in total. The molecule has 162 valence electrons. The molecular weight excluding hydrogens is 408 g/mol. The molecular formula is C24H28N4O2S. The van der Waals surface area contributed by atoms with Crippen LogP contribution >= 0.6 is 11.3 Å². The molecule has 2 amide bonds. The predicted octanol–water partition coefficient (Wildman–Crippen LogP) is 5.03. The number of benzene rings is 1. The molecule has 2 aliphatic heterocycles. The molecule has 7 heteroatoms. The zero-order valence-corrected chi connectivity index (χ0v) is 19.0. The third-order valence-corrected chi connectivity index (χ3v) is 7.51. The van der Waals surface area contributed by atoms with Gasteiger partial charge in [0.2, 0.25) is 0 Å². The van der Waals surface area contributed by atoms with Crippen molar-refractivity contribution in [1.29, 1.82) is 0 Å². The van der Waals surface area contributed by atoms with Crippen molar-refractivity contribution in [1.82, 2.24) is 14.4 Å². The van der Waals surface area contributed by atoms with E-state index in [2.05, 4.69) is 47.1 Å². The third kappa shape index (κ3) is 3.51. The van der Waals surface area contributed by atoms with Crippen LogP contribution in [-0.2, 0) is 19.5 Å². The summed E-state index contributed by atoms with van der Waals surface area (Å²) < 4.78 is 7.99. The van der Waals surface area contributed by atoms with Gasteiger partial charge in [-0.15, -0.1) is 11.3 Å². The van der Waals surface area contributed by atoms with Gasteiger partial charge < -0.3 is 24.4 Å².